The van der Waals surface area contributed by atoms with E-state index in [0.717, 1.165) is 35.2 Å². The van der Waals surface area contributed by atoms with Crippen molar-refractivity contribution >= 4 is 37.0 Å². The molecule has 3 aromatic rings. The second-order valence-electron chi connectivity index (χ2n) is 7.66. The number of nitrogens with one attached hydrogen (secondary N) is 3. The molecule has 1 aromatic heterocycles. The van der Waals surface area contributed by atoms with Crippen molar-refractivity contribution in [1.29, 1.82) is 0 Å². The maximum absolute atomic E-state index is 13.9. The van der Waals surface area contributed by atoms with Gasteiger partial charge in [0.2, 0.25) is 0 Å². The van der Waals surface area contributed by atoms with Crippen LogP contribution in [0.25, 0.3) is 22.2 Å². The Balaban J connectivity index is 0.000000277. The number of amides is 1. The number of H-pyrrole nitrogens is 1. The van der Waals surface area contributed by atoms with E-state index in [2.05, 4.69) is 39.9 Å². The quantitative estimate of drug-likeness (QED) is 0.311. The van der Waals surface area contributed by atoms with Crippen molar-refractivity contribution in [2.24, 2.45) is 0 Å². The van der Waals surface area contributed by atoms with Crippen molar-refractivity contribution in [2.45, 2.75) is 13.0 Å². The van der Waals surface area contributed by atoms with Crippen LogP contribution in [0.1, 0.15) is 21.5 Å². The van der Waals surface area contributed by atoms with E-state index in [4.69, 9.17) is 9.11 Å². The van der Waals surface area contributed by atoms with E-state index in [1.807, 2.05) is 7.05 Å². The van der Waals surface area contributed by atoms with Gasteiger partial charge >= 0.3 is 0 Å². The molecule has 0 fully saturated rings. The summed E-state index contributed by atoms with van der Waals surface area (Å²) in [5.74, 6) is -2.58. The first-order valence-electron chi connectivity index (χ1n) is 10.1. The molecule has 5 N–H and O–H groups in total. The topological polar surface area (TPSA) is 166 Å². The third-order valence-electron chi connectivity index (χ3n) is 5.09. The first kappa shape index (κ1) is 25.8. The smallest absolute Gasteiger partial charge is 0.265 e. The molecule has 1 amide bonds. The standard InChI is InChI=1S/C19H18FN3O.C2H6O6S2/c1-21-10-11-2-4-12(5-3-11)18-14-6-7-22-19(24)15-8-13(20)9-16(23-18)17(14)15;3-9(4,5)1-2-10(6,7)8/h2-5,8-9,21,23H,6-7,10H2,1H3,(H,22,24);1-2H2,(H,3,4,5)(H,6,7,8). The minimum atomic E-state index is -4.30. The Morgan fingerprint density at radius 3 is 2.21 bits per heavy atom. The second kappa shape index (κ2) is 10.2. The van der Waals surface area contributed by atoms with Gasteiger partial charge < -0.3 is 15.6 Å². The second-order valence-corrected chi connectivity index (χ2v) is 10.8. The molecule has 10 nitrogen and oxygen atoms in total. The van der Waals surface area contributed by atoms with Crippen LogP contribution in [0.15, 0.2) is 36.4 Å². The van der Waals surface area contributed by atoms with Crippen LogP contribution in [-0.4, -0.2) is 61.9 Å². The molecule has 0 bridgehead atoms. The van der Waals surface area contributed by atoms with Crippen LogP contribution in [0.3, 0.4) is 0 Å². The lowest BCUT2D eigenvalue weighted by Gasteiger charge is -2.06. The fraction of sp³-hybridized carbons (Fsp3) is 0.286. The van der Waals surface area contributed by atoms with Gasteiger partial charge in [0, 0.05) is 29.7 Å². The maximum atomic E-state index is 13.9. The molecule has 0 saturated heterocycles. The van der Waals surface area contributed by atoms with E-state index in [1.54, 1.807) is 0 Å². The van der Waals surface area contributed by atoms with E-state index in [-0.39, 0.29) is 5.91 Å². The fourth-order valence-electron chi connectivity index (χ4n) is 3.64. The molecule has 1 aliphatic rings. The van der Waals surface area contributed by atoms with Crippen molar-refractivity contribution in [1.82, 2.24) is 15.6 Å². The predicted molar refractivity (Wildman–Crippen MR) is 125 cm³/mol. The largest absolute Gasteiger partial charge is 0.354 e. The zero-order chi connectivity index (χ0) is 25.1. The highest BCUT2D eigenvalue weighted by Gasteiger charge is 2.23. The van der Waals surface area contributed by atoms with E-state index in [1.165, 1.54) is 17.7 Å². The van der Waals surface area contributed by atoms with Gasteiger partial charge in [-0.1, -0.05) is 24.3 Å². The van der Waals surface area contributed by atoms with Crippen molar-refractivity contribution in [3.8, 4) is 11.3 Å². The number of aromatic amines is 1. The molecule has 0 atom stereocenters. The van der Waals surface area contributed by atoms with E-state index in [0.29, 0.717) is 17.6 Å². The van der Waals surface area contributed by atoms with Gasteiger partial charge in [-0.15, -0.1) is 0 Å². The highest BCUT2D eigenvalue weighted by atomic mass is 32.2. The Kier molecular flexibility index (Phi) is 7.73. The Labute approximate surface area is 196 Å². The first-order chi connectivity index (χ1) is 15.9. The van der Waals surface area contributed by atoms with Gasteiger partial charge in [0.05, 0.1) is 17.1 Å². The molecule has 0 unspecified atom stereocenters. The lowest BCUT2D eigenvalue weighted by Crippen LogP contribution is -2.23. The van der Waals surface area contributed by atoms with Crippen molar-refractivity contribution in [2.75, 3.05) is 25.1 Å². The minimum absolute atomic E-state index is 0.215. The van der Waals surface area contributed by atoms with E-state index >= 15 is 0 Å². The average molecular weight is 514 g/mol. The molecule has 13 heteroatoms. The summed E-state index contributed by atoms with van der Waals surface area (Å²) in [5, 5.41) is 6.80. The van der Waals surface area contributed by atoms with Crippen LogP contribution in [0.2, 0.25) is 0 Å². The van der Waals surface area contributed by atoms with Gasteiger partial charge in [-0.25, -0.2) is 4.39 Å². The summed E-state index contributed by atoms with van der Waals surface area (Å²) >= 11 is 0. The third kappa shape index (κ3) is 6.61. The number of aromatic nitrogens is 1. The van der Waals surface area contributed by atoms with Crippen LogP contribution < -0.4 is 10.6 Å². The van der Waals surface area contributed by atoms with Crippen molar-refractivity contribution < 1.29 is 35.1 Å². The summed E-state index contributed by atoms with van der Waals surface area (Å²) in [6.07, 6.45) is 0.720. The van der Waals surface area contributed by atoms with Crippen LogP contribution in [0, 0.1) is 5.82 Å². The summed E-state index contributed by atoms with van der Waals surface area (Å²) in [4.78, 5) is 15.5. The molecule has 184 valence electrons. The molecule has 2 heterocycles. The molecular weight excluding hydrogens is 489 g/mol. The third-order valence-corrected chi connectivity index (χ3v) is 6.79. The van der Waals surface area contributed by atoms with Gasteiger partial charge in [-0.2, -0.15) is 16.8 Å². The number of hydrogen-bond donors (Lipinski definition) is 5. The van der Waals surface area contributed by atoms with Gasteiger partial charge in [0.1, 0.15) is 5.82 Å². The fourth-order valence-corrected chi connectivity index (χ4v) is 5.33. The molecule has 4 rings (SSSR count). The van der Waals surface area contributed by atoms with E-state index in [9.17, 15) is 26.0 Å². The summed E-state index contributed by atoms with van der Waals surface area (Å²) in [6, 6.07) is 11.0. The summed E-state index contributed by atoms with van der Waals surface area (Å²) in [7, 11) is -6.68. The monoisotopic (exact) mass is 513 g/mol. The lowest BCUT2D eigenvalue weighted by atomic mass is 9.99. The number of halogens is 1. The Morgan fingerprint density at radius 2 is 1.65 bits per heavy atom. The normalized spacial score (nSPS) is 13.7. The number of rotatable bonds is 6. The van der Waals surface area contributed by atoms with Crippen LogP contribution >= 0.6 is 0 Å². The molecule has 1 aliphatic heterocycles. The van der Waals surface area contributed by atoms with Gasteiger partial charge in [0.25, 0.3) is 26.1 Å². The highest BCUT2D eigenvalue weighted by molar-refractivity contribution is 7.89. The highest BCUT2D eigenvalue weighted by Crippen LogP contribution is 2.34. The van der Waals surface area contributed by atoms with Crippen LogP contribution in [0.5, 0.6) is 0 Å². The SMILES string of the molecule is CNCc1ccc(-c2[nH]c3cc(F)cc4c3c2CCNC4=O)cc1.O=S(=O)(O)CCS(=O)(=O)O. The summed E-state index contributed by atoms with van der Waals surface area (Å²) in [6.45, 7) is 1.36. The average Bonchev–Trinajstić information content (AvgIpc) is 3.01. The number of carbonyl (C=O) groups excluding carboxylic acids is 1. The minimum Gasteiger partial charge on any atom is -0.354 e. The lowest BCUT2D eigenvalue weighted by molar-refractivity contribution is 0.0956. The number of benzene rings is 2. The summed E-state index contributed by atoms with van der Waals surface area (Å²) in [5.41, 5.74) is 5.36. The maximum Gasteiger partial charge on any atom is 0.265 e. The summed E-state index contributed by atoms with van der Waals surface area (Å²) < 4.78 is 69.3. The first-order valence-corrected chi connectivity index (χ1v) is 13.4. The van der Waals surface area contributed by atoms with E-state index < -0.39 is 37.6 Å². The molecule has 0 aliphatic carbocycles. The molecule has 0 spiro atoms. The van der Waals surface area contributed by atoms with Crippen molar-refractivity contribution in [3.63, 3.8) is 0 Å². The molecular formula is C21H24FN3O7S2. The Bertz CT molecular complexity index is 1380. The predicted octanol–water partition coefficient (Wildman–Crippen LogP) is 1.74. The van der Waals surface area contributed by atoms with Crippen molar-refractivity contribution in [3.05, 3.63) is 58.9 Å². The Morgan fingerprint density at radius 1 is 1.03 bits per heavy atom. The number of hydrogen-bond acceptors (Lipinski definition) is 6. The molecule has 34 heavy (non-hydrogen) atoms. The van der Waals surface area contributed by atoms with Crippen LogP contribution in [-0.2, 0) is 33.2 Å². The van der Waals surface area contributed by atoms with Gasteiger partial charge in [-0.3, -0.25) is 13.9 Å². The molecule has 2 aromatic carbocycles. The zero-order valence-electron chi connectivity index (χ0n) is 18.1. The van der Waals surface area contributed by atoms with Gasteiger partial charge in [-0.05, 0) is 42.3 Å². The number of carbonyl (C=O) groups is 1. The van der Waals surface area contributed by atoms with Gasteiger partial charge in [0.15, 0.2) is 0 Å². The van der Waals surface area contributed by atoms with Crippen LogP contribution in [0.4, 0.5) is 4.39 Å². The Hall–Kier alpha value is -2.84. The zero-order valence-corrected chi connectivity index (χ0v) is 19.8. The molecule has 0 radical (unpaired) electrons. The molecule has 0 saturated carbocycles.